The van der Waals surface area contributed by atoms with E-state index in [-0.39, 0.29) is 5.91 Å². The van der Waals surface area contributed by atoms with Gasteiger partial charge in [0.05, 0.1) is 11.8 Å². The highest BCUT2D eigenvalue weighted by Crippen LogP contribution is 2.26. The number of nitrogens with one attached hydrogen (secondary N) is 1. The van der Waals surface area contributed by atoms with Crippen molar-refractivity contribution in [3.05, 3.63) is 60.0 Å². The van der Waals surface area contributed by atoms with Crippen molar-refractivity contribution >= 4 is 11.6 Å². The molecule has 1 aliphatic heterocycles. The summed E-state index contributed by atoms with van der Waals surface area (Å²) in [6.45, 7) is 4.89. The lowest BCUT2D eigenvalue weighted by atomic mass is 10.1. The van der Waals surface area contributed by atoms with Crippen LogP contribution in [0.1, 0.15) is 16.1 Å². The maximum absolute atomic E-state index is 13.0. The first-order chi connectivity index (χ1) is 12.2. The highest BCUT2D eigenvalue weighted by molar-refractivity contribution is 6.00. The summed E-state index contributed by atoms with van der Waals surface area (Å²) in [6, 6.07) is 13.9. The zero-order chi connectivity index (χ0) is 17.2. The average molecular weight is 336 g/mol. The number of para-hydroxylation sites is 1. The first-order valence-corrected chi connectivity index (χ1v) is 8.42. The van der Waals surface area contributed by atoms with Crippen LogP contribution >= 0.6 is 0 Å². The van der Waals surface area contributed by atoms with E-state index in [1.807, 2.05) is 36.1 Å². The summed E-state index contributed by atoms with van der Waals surface area (Å²) in [6.07, 6.45) is 1.59. The fraction of sp³-hybridized carbons (Fsp3) is 0.263. The third-order valence-corrected chi connectivity index (χ3v) is 4.60. The van der Waals surface area contributed by atoms with E-state index in [0.29, 0.717) is 30.1 Å². The molecule has 6 nitrogen and oxygen atoms in total. The molecule has 1 aliphatic rings. The lowest BCUT2D eigenvalue weighted by Gasteiger charge is -2.36. The molecule has 0 bridgehead atoms. The van der Waals surface area contributed by atoms with Gasteiger partial charge in [0.15, 0.2) is 5.76 Å². The maximum Gasteiger partial charge on any atom is 0.258 e. The molecule has 1 N–H and O–H groups in total. The Morgan fingerprint density at radius 3 is 2.52 bits per heavy atom. The molecular formula is C19H20N4O2. The summed E-state index contributed by atoms with van der Waals surface area (Å²) in [5, 5.41) is 7.17. The summed E-state index contributed by atoms with van der Waals surface area (Å²) >= 11 is 0. The summed E-state index contributed by atoms with van der Waals surface area (Å²) in [4.78, 5) is 17.2. The van der Waals surface area contributed by atoms with E-state index >= 15 is 0 Å². The van der Waals surface area contributed by atoms with Crippen LogP contribution in [0, 0.1) is 6.92 Å². The number of nitrogens with zero attached hydrogens (tertiary/aromatic N) is 3. The Kier molecular flexibility index (Phi) is 4.01. The number of carbonyl (C=O) groups is 1. The van der Waals surface area contributed by atoms with Crippen LogP contribution in [0.15, 0.2) is 53.1 Å². The molecule has 1 fully saturated rings. The van der Waals surface area contributed by atoms with Crippen molar-refractivity contribution in [2.45, 2.75) is 6.92 Å². The number of hydrogen-bond acceptors (Lipinski definition) is 4. The van der Waals surface area contributed by atoms with Gasteiger partial charge in [-0.1, -0.05) is 18.2 Å². The van der Waals surface area contributed by atoms with Crippen molar-refractivity contribution in [3.63, 3.8) is 0 Å². The van der Waals surface area contributed by atoms with Gasteiger partial charge in [0.2, 0.25) is 0 Å². The molecule has 128 valence electrons. The highest BCUT2D eigenvalue weighted by atomic mass is 16.3. The minimum atomic E-state index is 0.00496. The molecule has 2 aromatic heterocycles. The Labute approximate surface area is 146 Å². The van der Waals surface area contributed by atoms with E-state index in [9.17, 15) is 4.79 Å². The topological polar surface area (TPSA) is 65.4 Å². The number of H-pyrrole nitrogens is 1. The van der Waals surface area contributed by atoms with Crippen molar-refractivity contribution in [3.8, 4) is 11.5 Å². The largest absolute Gasteiger partial charge is 0.463 e. The summed E-state index contributed by atoms with van der Waals surface area (Å²) in [7, 11) is 0. The minimum Gasteiger partial charge on any atom is -0.463 e. The molecule has 1 saturated heterocycles. The number of benzene rings is 1. The number of aromatic amines is 1. The van der Waals surface area contributed by atoms with Gasteiger partial charge in [-0.2, -0.15) is 5.10 Å². The molecule has 0 spiro atoms. The fourth-order valence-corrected chi connectivity index (χ4v) is 3.25. The molecule has 0 radical (unpaired) electrons. The standard InChI is InChI=1S/C19H20N4O2/c1-14-17(18(21-20-14)16-8-5-13-25-16)19(24)23-11-9-22(10-12-23)15-6-3-2-4-7-15/h2-8,13H,9-12H2,1H3,(H,20,21). The van der Waals surface area contributed by atoms with Gasteiger partial charge in [0.25, 0.3) is 5.91 Å². The third-order valence-electron chi connectivity index (χ3n) is 4.60. The van der Waals surface area contributed by atoms with Gasteiger partial charge in [0, 0.05) is 37.6 Å². The van der Waals surface area contributed by atoms with Crippen LogP contribution in [0.4, 0.5) is 5.69 Å². The second kappa shape index (κ2) is 6.47. The molecule has 1 amide bonds. The zero-order valence-electron chi connectivity index (χ0n) is 14.1. The van der Waals surface area contributed by atoms with Crippen LogP contribution in [0.5, 0.6) is 0 Å². The second-order valence-electron chi connectivity index (χ2n) is 6.16. The van der Waals surface area contributed by atoms with Gasteiger partial charge < -0.3 is 14.2 Å². The summed E-state index contributed by atoms with van der Waals surface area (Å²) < 4.78 is 5.42. The lowest BCUT2D eigenvalue weighted by Crippen LogP contribution is -2.49. The molecule has 4 rings (SSSR count). The first kappa shape index (κ1) is 15.5. The van der Waals surface area contributed by atoms with Gasteiger partial charge in [-0.25, -0.2) is 0 Å². The van der Waals surface area contributed by atoms with Gasteiger partial charge in [-0.05, 0) is 31.2 Å². The average Bonchev–Trinajstić information content (AvgIpc) is 3.31. The molecule has 1 aromatic carbocycles. The Hall–Kier alpha value is -3.02. The van der Waals surface area contributed by atoms with E-state index in [2.05, 4.69) is 27.2 Å². The number of aromatic nitrogens is 2. The number of carbonyl (C=O) groups excluding carboxylic acids is 1. The van der Waals surface area contributed by atoms with Crippen LogP contribution in [0.2, 0.25) is 0 Å². The predicted molar refractivity (Wildman–Crippen MR) is 95.6 cm³/mol. The Morgan fingerprint density at radius 2 is 1.84 bits per heavy atom. The monoisotopic (exact) mass is 336 g/mol. The summed E-state index contributed by atoms with van der Waals surface area (Å²) in [5.74, 6) is 0.612. The van der Waals surface area contributed by atoms with Crippen molar-refractivity contribution in [1.82, 2.24) is 15.1 Å². The van der Waals surface area contributed by atoms with E-state index in [1.165, 1.54) is 5.69 Å². The van der Waals surface area contributed by atoms with E-state index in [0.717, 1.165) is 18.8 Å². The quantitative estimate of drug-likeness (QED) is 0.799. The number of amides is 1. The number of hydrogen-bond donors (Lipinski definition) is 1. The first-order valence-electron chi connectivity index (χ1n) is 8.42. The minimum absolute atomic E-state index is 0.00496. The molecule has 25 heavy (non-hydrogen) atoms. The second-order valence-corrected chi connectivity index (χ2v) is 6.16. The van der Waals surface area contributed by atoms with Gasteiger partial charge in [0.1, 0.15) is 5.69 Å². The van der Waals surface area contributed by atoms with Crippen LogP contribution < -0.4 is 4.90 Å². The number of furan rings is 1. The van der Waals surface area contributed by atoms with Crippen molar-refractivity contribution < 1.29 is 9.21 Å². The molecular weight excluding hydrogens is 316 g/mol. The normalized spacial score (nSPS) is 14.8. The van der Waals surface area contributed by atoms with Gasteiger partial charge in [-0.15, -0.1) is 0 Å². The van der Waals surface area contributed by atoms with Gasteiger partial charge in [-0.3, -0.25) is 9.89 Å². The molecule has 3 heterocycles. The summed E-state index contributed by atoms with van der Waals surface area (Å²) in [5.41, 5.74) is 3.15. The molecule has 0 unspecified atom stereocenters. The Balaban J connectivity index is 1.51. The Morgan fingerprint density at radius 1 is 1.08 bits per heavy atom. The van der Waals surface area contributed by atoms with Crippen LogP contribution in [0.25, 0.3) is 11.5 Å². The molecule has 0 aliphatic carbocycles. The fourth-order valence-electron chi connectivity index (χ4n) is 3.25. The molecule has 0 atom stereocenters. The molecule has 6 heteroatoms. The van der Waals surface area contributed by atoms with E-state index in [4.69, 9.17) is 4.42 Å². The smallest absolute Gasteiger partial charge is 0.258 e. The van der Waals surface area contributed by atoms with Gasteiger partial charge >= 0.3 is 0 Å². The van der Waals surface area contributed by atoms with E-state index < -0.39 is 0 Å². The van der Waals surface area contributed by atoms with Crippen molar-refractivity contribution in [2.24, 2.45) is 0 Å². The number of piperazine rings is 1. The van der Waals surface area contributed by atoms with E-state index in [1.54, 1.807) is 12.3 Å². The number of aryl methyl sites for hydroxylation is 1. The third kappa shape index (κ3) is 2.91. The van der Waals surface area contributed by atoms with Crippen LogP contribution in [-0.4, -0.2) is 47.2 Å². The maximum atomic E-state index is 13.0. The number of anilines is 1. The zero-order valence-corrected chi connectivity index (χ0v) is 14.1. The van der Waals surface area contributed by atoms with Crippen LogP contribution in [-0.2, 0) is 0 Å². The molecule has 0 saturated carbocycles. The van der Waals surface area contributed by atoms with Crippen molar-refractivity contribution in [1.29, 1.82) is 0 Å². The predicted octanol–water partition coefficient (Wildman–Crippen LogP) is 2.94. The number of rotatable bonds is 3. The highest BCUT2D eigenvalue weighted by Gasteiger charge is 2.28. The SMILES string of the molecule is Cc1[nH]nc(-c2ccco2)c1C(=O)N1CCN(c2ccccc2)CC1. The van der Waals surface area contributed by atoms with Crippen LogP contribution in [0.3, 0.4) is 0 Å². The molecule has 3 aromatic rings. The lowest BCUT2D eigenvalue weighted by molar-refractivity contribution is 0.0746. The Bertz CT molecular complexity index is 847. The van der Waals surface area contributed by atoms with Crippen molar-refractivity contribution in [2.75, 3.05) is 31.1 Å².